The summed E-state index contributed by atoms with van der Waals surface area (Å²) in [5, 5.41) is 8.59. The Labute approximate surface area is 37.0 Å². The van der Waals surface area contributed by atoms with Crippen LogP contribution in [0, 0.1) is 0 Å². The van der Waals surface area contributed by atoms with Gasteiger partial charge < -0.3 is 10.8 Å². The van der Waals surface area contributed by atoms with Gasteiger partial charge in [0.2, 0.25) is 0 Å². The SMILES string of the molecule is NC1CC[C@H]1O. The zero-order chi connectivity index (χ0) is 4.57. The molecule has 1 aliphatic carbocycles. The van der Waals surface area contributed by atoms with Gasteiger partial charge in [-0.2, -0.15) is 0 Å². The first-order chi connectivity index (χ1) is 2.80. The van der Waals surface area contributed by atoms with Crippen molar-refractivity contribution in [1.29, 1.82) is 0 Å². The van der Waals surface area contributed by atoms with Crippen molar-refractivity contribution >= 4 is 0 Å². The fourth-order valence-electron chi connectivity index (χ4n) is 0.508. The van der Waals surface area contributed by atoms with Crippen LogP contribution in [0.4, 0.5) is 0 Å². The van der Waals surface area contributed by atoms with Crippen LogP contribution in [0.25, 0.3) is 0 Å². The van der Waals surface area contributed by atoms with Gasteiger partial charge in [-0.1, -0.05) is 0 Å². The molecule has 1 saturated carbocycles. The van der Waals surface area contributed by atoms with E-state index < -0.39 is 0 Å². The molecule has 0 saturated heterocycles. The zero-order valence-electron chi connectivity index (χ0n) is 3.59. The predicted molar refractivity (Wildman–Crippen MR) is 23.2 cm³/mol. The van der Waals surface area contributed by atoms with E-state index in [1.54, 1.807) is 0 Å². The highest BCUT2D eigenvalue weighted by molar-refractivity contribution is 4.82. The molecule has 2 nitrogen and oxygen atoms in total. The molecule has 0 radical (unpaired) electrons. The minimum absolute atomic E-state index is 0.0880. The van der Waals surface area contributed by atoms with E-state index in [0.717, 1.165) is 12.8 Å². The number of hydrogen-bond acceptors (Lipinski definition) is 2. The first-order valence-corrected chi connectivity index (χ1v) is 2.24. The van der Waals surface area contributed by atoms with Gasteiger partial charge >= 0.3 is 0 Å². The van der Waals surface area contributed by atoms with Crippen LogP contribution in [-0.4, -0.2) is 17.3 Å². The molecule has 1 fully saturated rings. The normalized spacial score (nSPS) is 45.0. The van der Waals surface area contributed by atoms with E-state index in [4.69, 9.17) is 10.8 Å². The number of aliphatic hydroxyl groups is 1. The molecule has 0 heterocycles. The fraction of sp³-hybridized carbons (Fsp3) is 1.00. The summed E-state index contributed by atoms with van der Waals surface area (Å²) >= 11 is 0. The maximum Gasteiger partial charge on any atom is 0.0691 e. The second kappa shape index (κ2) is 1.21. The Morgan fingerprint density at radius 2 is 2.00 bits per heavy atom. The topological polar surface area (TPSA) is 46.2 Å². The second-order valence-corrected chi connectivity index (χ2v) is 1.81. The van der Waals surface area contributed by atoms with Crippen LogP contribution in [0.2, 0.25) is 0 Å². The smallest absolute Gasteiger partial charge is 0.0691 e. The monoisotopic (exact) mass is 87.1 g/mol. The molecule has 0 aromatic carbocycles. The van der Waals surface area contributed by atoms with Crippen LogP contribution in [0.15, 0.2) is 0 Å². The predicted octanol–water partition coefficient (Wildman–Crippen LogP) is -0.532. The van der Waals surface area contributed by atoms with Gasteiger partial charge in [0.05, 0.1) is 6.10 Å². The summed E-state index contributed by atoms with van der Waals surface area (Å²) in [7, 11) is 0. The summed E-state index contributed by atoms with van der Waals surface area (Å²) in [4.78, 5) is 0. The highest BCUT2D eigenvalue weighted by Crippen LogP contribution is 2.15. The van der Waals surface area contributed by atoms with Gasteiger partial charge in [0, 0.05) is 6.04 Å². The minimum atomic E-state index is -0.190. The highest BCUT2D eigenvalue weighted by atomic mass is 16.3. The second-order valence-electron chi connectivity index (χ2n) is 1.81. The number of rotatable bonds is 0. The van der Waals surface area contributed by atoms with E-state index >= 15 is 0 Å². The van der Waals surface area contributed by atoms with Gasteiger partial charge in [-0.15, -0.1) is 0 Å². The van der Waals surface area contributed by atoms with Crippen molar-refractivity contribution in [2.75, 3.05) is 0 Å². The van der Waals surface area contributed by atoms with Crippen LogP contribution in [0.3, 0.4) is 0 Å². The van der Waals surface area contributed by atoms with Crippen molar-refractivity contribution in [2.24, 2.45) is 5.73 Å². The van der Waals surface area contributed by atoms with Crippen LogP contribution in [0.1, 0.15) is 12.8 Å². The first-order valence-electron chi connectivity index (χ1n) is 2.24. The largest absolute Gasteiger partial charge is 0.392 e. The fourth-order valence-corrected chi connectivity index (χ4v) is 0.508. The molecule has 0 aromatic rings. The molecule has 0 spiro atoms. The van der Waals surface area contributed by atoms with Crippen LogP contribution in [-0.2, 0) is 0 Å². The first kappa shape index (κ1) is 4.09. The molecule has 2 atom stereocenters. The molecule has 0 amide bonds. The van der Waals surface area contributed by atoms with Gasteiger partial charge in [0.1, 0.15) is 0 Å². The molecule has 1 rings (SSSR count). The Morgan fingerprint density at radius 3 is 2.00 bits per heavy atom. The van der Waals surface area contributed by atoms with Crippen molar-refractivity contribution in [3.63, 3.8) is 0 Å². The zero-order valence-corrected chi connectivity index (χ0v) is 3.59. The standard InChI is InChI=1S/C4H9NO/c5-3-1-2-4(3)6/h3-4,6H,1-2,5H2/t3?,4-/m1/s1. The van der Waals surface area contributed by atoms with Gasteiger partial charge in [-0.05, 0) is 12.8 Å². The summed E-state index contributed by atoms with van der Waals surface area (Å²) in [6.45, 7) is 0. The number of aliphatic hydroxyl groups excluding tert-OH is 1. The molecule has 0 aliphatic heterocycles. The van der Waals surface area contributed by atoms with Crippen LogP contribution in [0.5, 0.6) is 0 Å². The number of hydrogen-bond donors (Lipinski definition) is 2. The van der Waals surface area contributed by atoms with Gasteiger partial charge in [-0.25, -0.2) is 0 Å². The Kier molecular flexibility index (Phi) is 0.821. The van der Waals surface area contributed by atoms with Gasteiger partial charge in [-0.3, -0.25) is 0 Å². The van der Waals surface area contributed by atoms with Crippen molar-refractivity contribution < 1.29 is 5.11 Å². The summed E-state index contributed by atoms with van der Waals surface area (Å²) in [6.07, 6.45) is 1.72. The van der Waals surface area contributed by atoms with Crippen LogP contribution < -0.4 is 5.73 Å². The van der Waals surface area contributed by atoms with E-state index in [1.165, 1.54) is 0 Å². The average molecular weight is 87.1 g/mol. The third-order valence-electron chi connectivity index (χ3n) is 1.29. The summed E-state index contributed by atoms with van der Waals surface area (Å²) in [5.41, 5.74) is 5.27. The molecule has 6 heavy (non-hydrogen) atoms. The van der Waals surface area contributed by atoms with E-state index in [-0.39, 0.29) is 12.1 Å². The summed E-state index contributed by atoms with van der Waals surface area (Å²) < 4.78 is 0. The maximum absolute atomic E-state index is 8.59. The molecule has 0 bridgehead atoms. The van der Waals surface area contributed by atoms with E-state index in [0.29, 0.717) is 0 Å². The van der Waals surface area contributed by atoms with Crippen molar-refractivity contribution in [3.05, 3.63) is 0 Å². The summed E-state index contributed by atoms with van der Waals surface area (Å²) in [6, 6.07) is 0.0880. The summed E-state index contributed by atoms with van der Waals surface area (Å²) in [5.74, 6) is 0. The lowest BCUT2D eigenvalue weighted by molar-refractivity contribution is 0.0693. The Bertz CT molecular complexity index is 47.5. The molecule has 1 aliphatic rings. The average Bonchev–Trinajstić information content (AvgIpc) is 1.61. The lowest BCUT2D eigenvalue weighted by atomic mass is 9.90. The van der Waals surface area contributed by atoms with Crippen molar-refractivity contribution in [1.82, 2.24) is 0 Å². The number of nitrogens with two attached hydrogens (primary N) is 1. The lowest BCUT2D eigenvalue weighted by Gasteiger charge is -2.27. The van der Waals surface area contributed by atoms with E-state index in [9.17, 15) is 0 Å². The quantitative estimate of drug-likeness (QED) is 0.417. The Morgan fingerprint density at radius 1 is 1.50 bits per heavy atom. The molecule has 3 N–H and O–H groups in total. The van der Waals surface area contributed by atoms with Crippen molar-refractivity contribution in [2.45, 2.75) is 25.0 Å². The molecule has 1 unspecified atom stereocenters. The van der Waals surface area contributed by atoms with Crippen LogP contribution >= 0.6 is 0 Å². The maximum atomic E-state index is 8.59. The van der Waals surface area contributed by atoms with E-state index in [2.05, 4.69) is 0 Å². The van der Waals surface area contributed by atoms with Crippen molar-refractivity contribution in [3.8, 4) is 0 Å². The van der Waals surface area contributed by atoms with E-state index in [1.807, 2.05) is 0 Å². The Hall–Kier alpha value is -0.0800. The van der Waals surface area contributed by atoms with Gasteiger partial charge in [0.25, 0.3) is 0 Å². The lowest BCUT2D eigenvalue weighted by Crippen LogP contribution is -2.43. The third kappa shape index (κ3) is 0.420. The Balaban J connectivity index is 2.20. The molecular formula is C4H9NO. The highest BCUT2D eigenvalue weighted by Gasteiger charge is 2.23. The van der Waals surface area contributed by atoms with Gasteiger partial charge in [0.15, 0.2) is 0 Å². The molecular weight excluding hydrogens is 78.0 g/mol. The molecule has 36 valence electrons. The molecule has 2 heteroatoms. The third-order valence-corrected chi connectivity index (χ3v) is 1.29. The molecule has 0 aromatic heterocycles. The minimum Gasteiger partial charge on any atom is -0.392 e.